The molecular formula is C56H34O. The monoisotopic (exact) mass is 722 g/mol. The minimum absolute atomic E-state index is 0.916. The van der Waals surface area contributed by atoms with Crippen LogP contribution in [-0.4, -0.2) is 0 Å². The van der Waals surface area contributed by atoms with Crippen LogP contribution in [0, 0.1) is 0 Å². The number of rotatable bonds is 4. The average molecular weight is 723 g/mol. The van der Waals surface area contributed by atoms with Gasteiger partial charge in [0.1, 0.15) is 11.2 Å². The van der Waals surface area contributed by atoms with Gasteiger partial charge in [-0.1, -0.05) is 176 Å². The van der Waals surface area contributed by atoms with Crippen molar-refractivity contribution >= 4 is 75.8 Å². The third kappa shape index (κ3) is 4.96. The van der Waals surface area contributed by atoms with Crippen LogP contribution in [0.2, 0.25) is 0 Å². The number of hydrogen-bond acceptors (Lipinski definition) is 1. The Hall–Kier alpha value is -7.48. The number of furan rings is 1. The van der Waals surface area contributed by atoms with Gasteiger partial charge in [0.2, 0.25) is 0 Å². The minimum Gasteiger partial charge on any atom is -0.456 e. The van der Waals surface area contributed by atoms with Crippen molar-refractivity contribution in [2.24, 2.45) is 0 Å². The van der Waals surface area contributed by atoms with Crippen molar-refractivity contribution in [3.8, 4) is 44.5 Å². The van der Waals surface area contributed by atoms with Gasteiger partial charge in [0, 0.05) is 10.8 Å². The third-order valence-corrected chi connectivity index (χ3v) is 12.0. The summed E-state index contributed by atoms with van der Waals surface area (Å²) in [6.07, 6.45) is 0. The highest BCUT2D eigenvalue weighted by Gasteiger charge is 2.18. The first-order chi connectivity index (χ1) is 28.3. The third-order valence-electron chi connectivity index (χ3n) is 12.0. The molecule has 0 N–H and O–H groups in total. The maximum Gasteiger partial charge on any atom is 0.135 e. The molecule has 11 aromatic carbocycles. The predicted octanol–water partition coefficient (Wildman–Crippen LogP) is 16.0. The van der Waals surface area contributed by atoms with Crippen molar-refractivity contribution in [1.29, 1.82) is 0 Å². The van der Waals surface area contributed by atoms with Gasteiger partial charge in [0.05, 0.1) is 0 Å². The van der Waals surface area contributed by atoms with E-state index in [0.29, 0.717) is 0 Å². The molecule has 12 rings (SSSR count). The zero-order valence-corrected chi connectivity index (χ0v) is 31.0. The lowest BCUT2D eigenvalue weighted by Gasteiger charge is -2.18. The van der Waals surface area contributed by atoms with E-state index in [0.717, 1.165) is 21.9 Å². The highest BCUT2D eigenvalue weighted by molar-refractivity contribution is 6.26. The smallest absolute Gasteiger partial charge is 0.135 e. The molecular weight excluding hydrogens is 689 g/mol. The van der Waals surface area contributed by atoms with E-state index in [9.17, 15) is 0 Å². The number of para-hydroxylation sites is 1. The van der Waals surface area contributed by atoms with E-state index >= 15 is 0 Å². The molecule has 1 heterocycles. The molecule has 264 valence electrons. The van der Waals surface area contributed by atoms with Crippen LogP contribution in [0.1, 0.15) is 0 Å². The van der Waals surface area contributed by atoms with Crippen LogP contribution in [0.4, 0.5) is 0 Å². The second kappa shape index (κ2) is 12.5. The molecule has 1 nitrogen and oxygen atoms in total. The second-order valence-corrected chi connectivity index (χ2v) is 15.2. The van der Waals surface area contributed by atoms with Crippen LogP contribution in [0.25, 0.3) is 120 Å². The Kier molecular flexibility index (Phi) is 7.00. The summed E-state index contributed by atoms with van der Waals surface area (Å²) in [5.41, 5.74) is 11.6. The molecule has 0 aliphatic rings. The molecule has 57 heavy (non-hydrogen) atoms. The highest BCUT2D eigenvalue weighted by Crippen LogP contribution is 2.45. The number of benzene rings is 11. The minimum atomic E-state index is 0.916. The van der Waals surface area contributed by atoms with Crippen LogP contribution in [-0.2, 0) is 0 Å². The molecule has 0 aliphatic heterocycles. The van der Waals surface area contributed by atoms with E-state index in [1.54, 1.807) is 0 Å². The summed E-state index contributed by atoms with van der Waals surface area (Å²) in [7, 11) is 0. The topological polar surface area (TPSA) is 13.1 Å². The van der Waals surface area contributed by atoms with Gasteiger partial charge in [-0.2, -0.15) is 0 Å². The van der Waals surface area contributed by atoms with Crippen LogP contribution in [0.5, 0.6) is 0 Å². The average Bonchev–Trinajstić information content (AvgIpc) is 3.66. The molecule has 0 saturated carbocycles. The first kappa shape index (κ1) is 31.8. The Morgan fingerprint density at radius 1 is 0.193 bits per heavy atom. The quantitative estimate of drug-likeness (QED) is 0.130. The molecule has 12 aromatic rings. The molecule has 1 heteroatoms. The van der Waals surface area contributed by atoms with Crippen molar-refractivity contribution in [1.82, 2.24) is 0 Å². The molecule has 0 fully saturated rings. The van der Waals surface area contributed by atoms with Crippen molar-refractivity contribution in [3.05, 3.63) is 206 Å². The largest absolute Gasteiger partial charge is 0.456 e. The lowest BCUT2D eigenvalue weighted by atomic mass is 9.85. The normalized spacial score (nSPS) is 11.9. The fourth-order valence-electron chi connectivity index (χ4n) is 9.43. The van der Waals surface area contributed by atoms with Crippen LogP contribution < -0.4 is 0 Å². The molecule has 0 aliphatic carbocycles. The molecule has 0 bridgehead atoms. The summed E-state index contributed by atoms with van der Waals surface area (Å²) >= 11 is 0. The van der Waals surface area contributed by atoms with Gasteiger partial charge in [-0.15, -0.1) is 0 Å². The summed E-state index contributed by atoms with van der Waals surface area (Å²) in [4.78, 5) is 0. The molecule has 1 aromatic heterocycles. The highest BCUT2D eigenvalue weighted by atomic mass is 16.3. The fraction of sp³-hybridized carbons (Fsp3) is 0. The Bertz CT molecular complexity index is 3480. The van der Waals surface area contributed by atoms with E-state index in [-0.39, 0.29) is 0 Å². The lowest BCUT2D eigenvalue weighted by molar-refractivity contribution is 0.669. The molecule has 0 unspecified atom stereocenters. The summed E-state index contributed by atoms with van der Waals surface area (Å²) in [5, 5.41) is 15.0. The van der Waals surface area contributed by atoms with Gasteiger partial charge in [-0.05, 0) is 129 Å². The first-order valence-corrected chi connectivity index (χ1v) is 19.7. The Morgan fingerprint density at radius 2 is 0.579 bits per heavy atom. The number of hydrogen-bond donors (Lipinski definition) is 0. The van der Waals surface area contributed by atoms with E-state index in [1.165, 1.54) is 98.4 Å². The first-order valence-electron chi connectivity index (χ1n) is 19.7. The Labute approximate surface area is 329 Å². The van der Waals surface area contributed by atoms with E-state index in [2.05, 4.69) is 194 Å². The van der Waals surface area contributed by atoms with Gasteiger partial charge in [-0.25, -0.2) is 0 Å². The van der Waals surface area contributed by atoms with Crippen LogP contribution >= 0.6 is 0 Å². The Morgan fingerprint density at radius 3 is 1.21 bits per heavy atom. The summed E-state index contributed by atoms with van der Waals surface area (Å²) in [6, 6.07) is 75.4. The summed E-state index contributed by atoms with van der Waals surface area (Å²) < 4.78 is 6.11. The maximum absolute atomic E-state index is 6.11. The molecule has 0 amide bonds. The van der Waals surface area contributed by atoms with E-state index in [4.69, 9.17) is 4.42 Å². The van der Waals surface area contributed by atoms with Crippen molar-refractivity contribution in [2.45, 2.75) is 0 Å². The predicted molar refractivity (Wildman–Crippen MR) is 243 cm³/mol. The lowest BCUT2D eigenvalue weighted by Crippen LogP contribution is -1.91. The zero-order valence-electron chi connectivity index (χ0n) is 31.0. The molecule has 0 spiro atoms. The fourth-order valence-corrected chi connectivity index (χ4v) is 9.43. The Balaban J connectivity index is 0.996. The van der Waals surface area contributed by atoms with E-state index in [1.807, 2.05) is 12.1 Å². The molecule has 0 saturated heterocycles. The van der Waals surface area contributed by atoms with Crippen molar-refractivity contribution in [3.63, 3.8) is 0 Å². The standard InChI is InChI=1S/C56H34O/c1-2-16-43-41(14-1)42-15-3-4-17-44(42)51-33-39(28-30-45(43)51)37-12-11-13-40(32-37)56-49-21-7-5-19-47(49)55(48-20-6-8-22-50(48)56)36-26-24-35(25-27-36)38-29-31-54-52(34-38)46-18-9-10-23-53(46)57-54/h1-34H. The summed E-state index contributed by atoms with van der Waals surface area (Å²) in [6.45, 7) is 0. The van der Waals surface area contributed by atoms with Gasteiger partial charge < -0.3 is 4.42 Å². The van der Waals surface area contributed by atoms with E-state index < -0.39 is 0 Å². The summed E-state index contributed by atoms with van der Waals surface area (Å²) in [5.74, 6) is 0. The zero-order chi connectivity index (χ0) is 37.5. The van der Waals surface area contributed by atoms with Crippen LogP contribution in [0.3, 0.4) is 0 Å². The SMILES string of the molecule is c1cc(-c2ccc3c4ccccc4c4ccccc4c3c2)cc(-c2c3ccccc3c(-c3ccc(-c4ccc5oc6ccccc6c5c4)cc3)c3ccccc23)c1. The molecule has 0 atom stereocenters. The van der Waals surface area contributed by atoms with Crippen LogP contribution in [0.15, 0.2) is 211 Å². The second-order valence-electron chi connectivity index (χ2n) is 15.2. The van der Waals surface area contributed by atoms with Crippen molar-refractivity contribution < 1.29 is 4.42 Å². The van der Waals surface area contributed by atoms with Gasteiger partial charge in [0.25, 0.3) is 0 Å². The number of fused-ring (bicyclic) bond motifs is 11. The molecule has 0 radical (unpaired) electrons. The van der Waals surface area contributed by atoms with Gasteiger partial charge >= 0.3 is 0 Å². The maximum atomic E-state index is 6.11. The van der Waals surface area contributed by atoms with Crippen molar-refractivity contribution in [2.75, 3.05) is 0 Å². The van der Waals surface area contributed by atoms with Gasteiger partial charge in [-0.3, -0.25) is 0 Å². The van der Waals surface area contributed by atoms with Gasteiger partial charge in [0.15, 0.2) is 0 Å².